The Kier molecular flexibility index (Phi) is 7.43. The van der Waals surface area contributed by atoms with Gasteiger partial charge in [0.05, 0.1) is 5.71 Å². The van der Waals surface area contributed by atoms with Gasteiger partial charge < -0.3 is 19.1 Å². The number of hydrogen-bond donors (Lipinski definition) is 1. The highest BCUT2D eigenvalue weighted by Gasteiger charge is 2.24. The van der Waals surface area contributed by atoms with Gasteiger partial charge in [0, 0.05) is 5.56 Å². The van der Waals surface area contributed by atoms with Crippen molar-refractivity contribution in [3.63, 3.8) is 0 Å². The Morgan fingerprint density at radius 2 is 1.87 bits per heavy atom. The minimum atomic E-state index is -0.922. The minimum Gasteiger partial charge on any atom is -0.487 e. The number of aliphatic carboxylic acids is 1. The van der Waals surface area contributed by atoms with Gasteiger partial charge in [0.2, 0.25) is 5.89 Å². The van der Waals surface area contributed by atoms with Gasteiger partial charge in [0.25, 0.3) is 0 Å². The highest BCUT2D eigenvalue weighted by atomic mass is 16.6. The zero-order valence-corrected chi connectivity index (χ0v) is 17.9. The molecule has 0 saturated carbocycles. The van der Waals surface area contributed by atoms with Crippen LogP contribution in [0.15, 0.2) is 64.2 Å². The van der Waals surface area contributed by atoms with E-state index in [4.69, 9.17) is 14.0 Å². The summed E-state index contributed by atoms with van der Waals surface area (Å²) in [5.74, 6) is 0.292. The molecule has 0 aliphatic heterocycles. The molecule has 0 saturated heterocycles. The maximum absolute atomic E-state index is 11.7. The molecule has 7 heteroatoms. The van der Waals surface area contributed by atoms with Crippen LogP contribution in [-0.2, 0) is 22.7 Å². The van der Waals surface area contributed by atoms with Crippen molar-refractivity contribution in [2.24, 2.45) is 11.1 Å². The maximum Gasteiger partial charge on any atom is 0.312 e. The molecular weight excluding hydrogens is 396 g/mol. The number of ether oxygens (including phenoxy) is 1. The molecule has 1 aromatic heterocycles. The molecule has 2 aromatic carbocycles. The van der Waals surface area contributed by atoms with E-state index in [0.717, 1.165) is 16.8 Å². The molecule has 1 heterocycles. The average molecular weight is 422 g/mol. The van der Waals surface area contributed by atoms with Crippen molar-refractivity contribution >= 4 is 11.7 Å². The van der Waals surface area contributed by atoms with Gasteiger partial charge in [-0.3, -0.25) is 4.79 Å². The van der Waals surface area contributed by atoms with Crippen molar-refractivity contribution in [3.8, 4) is 17.2 Å². The summed E-state index contributed by atoms with van der Waals surface area (Å²) in [6.45, 7) is 4.00. The lowest BCUT2D eigenvalue weighted by atomic mass is 9.93. The van der Waals surface area contributed by atoms with Crippen LogP contribution >= 0.6 is 0 Å². The van der Waals surface area contributed by atoms with Crippen LogP contribution in [0.2, 0.25) is 0 Å². The number of aromatic nitrogens is 1. The first-order valence-electron chi connectivity index (χ1n) is 10.1. The predicted molar refractivity (Wildman–Crippen MR) is 117 cm³/mol. The zero-order valence-electron chi connectivity index (χ0n) is 17.9. The first kappa shape index (κ1) is 22.1. The van der Waals surface area contributed by atoms with Crippen LogP contribution in [0.5, 0.6) is 5.75 Å². The summed E-state index contributed by atoms with van der Waals surface area (Å²) in [4.78, 5) is 21.0. The van der Waals surface area contributed by atoms with E-state index in [-0.39, 0.29) is 6.61 Å². The Hall–Kier alpha value is -3.61. The number of carboxylic acid groups (broad SMARTS) is 1. The number of oxime groups is 1. The molecule has 0 amide bonds. The van der Waals surface area contributed by atoms with Crippen LogP contribution in [0.4, 0.5) is 0 Å². The van der Waals surface area contributed by atoms with Crippen molar-refractivity contribution in [1.82, 2.24) is 4.98 Å². The number of carboxylic acids is 1. The van der Waals surface area contributed by atoms with Crippen molar-refractivity contribution in [3.05, 3.63) is 71.6 Å². The van der Waals surface area contributed by atoms with Crippen LogP contribution in [0.1, 0.15) is 30.4 Å². The summed E-state index contributed by atoms with van der Waals surface area (Å²) in [5, 5.41) is 13.4. The number of aryl methyl sites for hydroxylation is 1. The third-order valence-electron chi connectivity index (χ3n) is 4.92. The number of nitrogens with zero attached hydrogens (tertiary/aromatic N) is 2. The maximum atomic E-state index is 11.7. The Morgan fingerprint density at radius 1 is 1.16 bits per heavy atom. The van der Waals surface area contributed by atoms with Crippen molar-refractivity contribution < 1.29 is 23.9 Å². The predicted octanol–water partition coefficient (Wildman–Crippen LogP) is 4.88. The van der Waals surface area contributed by atoms with E-state index < -0.39 is 11.9 Å². The van der Waals surface area contributed by atoms with Gasteiger partial charge in [-0.1, -0.05) is 42.4 Å². The summed E-state index contributed by atoms with van der Waals surface area (Å²) in [6, 6.07) is 17.1. The van der Waals surface area contributed by atoms with Crippen LogP contribution in [0, 0.1) is 12.8 Å². The quantitative estimate of drug-likeness (QED) is 0.369. The van der Waals surface area contributed by atoms with Gasteiger partial charge in [0.1, 0.15) is 36.8 Å². The third-order valence-corrected chi connectivity index (χ3v) is 4.92. The number of benzene rings is 2. The van der Waals surface area contributed by atoms with Crippen LogP contribution in [0.3, 0.4) is 0 Å². The molecule has 3 rings (SSSR count). The summed E-state index contributed by atoms with van der Waals surface area (Å²) in [5.41, 5.74) is 3.03. The standard InChI is InChI=1S/C24H26N2O5/c1-4-21(26-29-3)20(24(27)28)14-17-10-12-19(13-11-17)30-15-22-16(2)31-23(25-22)18-8-6-5-7-9-18/h5-13,20H,4,14-15H2,1-3H3,(H,27,28)/b26-21+. The monoisotopic (exact) mass is 422 g/mol. The minimum absolute atomic E-state index is 0.278. The molecule has 7 nitrogen and oxygen atoms in total. The fourth-order valence-corrected chi connectivity index (χ4v) is 3.21. The molecule has 1 N–H and O–H groups in total. The third kappa shape index (κ3) is 5.72. The fraction of sp³-hybridized carbons (Fsp3) is 0.292. The Labute approximate surface area is 181 Å². The molecule has 0 aliphatic rings. The summed E-state index contributed by atoms with van der Waals surface area (Å²) in [6.07, 6.45) is 0.836. The van der Waals surface area contributed by atoms with Crippen LogP contribution in [0.25, 0.3) is 11.5 Å². The molecule has 31 heavy (non-hydrogen) atoms. The van der Waals surface area contributed by atoms with Gasteiger partial charge >= 0.3 is 5.97 Å². The highest BCUT2D eigenvalue weighted by Crippen LogP contribution is 2.23. The second kappa shape index (κ2) is 10.4. The lowest BCUT2D eigenvalue weighted by molar-refractivity contribution is -0.139. The molecular formula is C24H26N2O5. The number of hydrogen-bond acceptors (Lipinski definition) is 6. The van der Waals surface area contributed by atoms with Gasteiger partial charge in [-0.2, -0.15) is 0 Å². The average Bonchev–Trinajstić information content (AvgIpc) is 3.16. The highest BCUT2D eigenvalue weighted by molar-refractivity contribution is 6.01. The Morgan fingerprint density at radius 3 is 2.48 bits per heavy atom. The van der Waals surface area contributed by atoms with E-state index in [0.29, 0.717) is 36.0 Å². The topological polar surface area (TPSA) is 94.2 Å². The molecule has 3 aromatic rings. The van der Waals surface area contributed by atoms with E-state index in [1.165, 1.54) is 7.11 Å². The summed E-state index contributed by atoms with van der Waals surface area (Å²) < 4.78 is 11.6. The van der Waals surface area contributed by atoms with E-state index in [2.05, 4.69) is 10.1 Å². The Balaban J connectivity index is 1.64. The fourth-order valence-electron chi connectivity index (χ4n) is 3.21. The molecule has 1 unspecified atom stereocenters. The van der Waals surface area contributed by atoms with Crippen molar-refractivity contribution in [1.29, 1.82) is 0 Å². The molecule has 0 radical (unpaired) electrons. The Bertz CT molecular complexity index is 1030. The van der Waals surface area contributed by atoms with Gasteiger partial charge in [0.15, 0.2) is 0 Å². The lowest BCUT2D eigenvalue weighted by Gasteiger charge is -2.14. The van der Waals surface area contributed by atoms with Crippen LogP contribution in [-0.4, -0.2) is 28.9 Å². The van der Waals surface area contributed by atoms with Crippen molar-refractivity contribution in [2.75, 3.05) is 7.11 Å². The second-order valence-corrected chi connectivity index (χ2v) is 7.03. The van der Waals surface area contributed by atoms with Crippen molar-refractivity contribution in [2.45, 2.75) is 33.3 Å². The molecule has 0 fully saturated rings. The largest absolute Gasteiger partial charge is 0.487 e. The SMILES string of the molecule is CC/C(=N\OC)C(Cc1ccc(OCc2nc(-c3ccccc3)oc2C)cc1)C(=O)O. The van der Waals surface area contributed by atoms with Gasteiger partial charge in [-0.15, -0.1) is 0 Å². The number of carbonyl (C=O) groups is 1. The number of rotatable bonds is 10. The molecule has 1 atom stereocenters. The normalized spacial score (nSPS) is 12.4. The smallest absolute Gasteiger partial charge is 0.312 e. The zero-order chi connectivity index (χ0) is 22.2. The molecule has 0 spiro atoms. The van der Waals surface area contributed by atoms with Gasteiger partial charge in [-0.05, 0) is 49.6 Å². The van der Waals surface area contributed by atoms with E-state index in [1.54, 1.807) is 0 Å². The van der Waals surface area contributed by atoms with E-state index in [9.17, 15) is 9.90 Å². The molecule has 0 bridgehead atoms. The molecule has 162 valence electrons. The lowest BCUT2D eigenvalue weighted by Crippen LogP contribution is -2.26. The first-order valence-corrected chi connectivity index (χ1v) is 10.1. The van der Waals surface area contributed by atoms with Crippen LogP contribution < -0.4 is 4.74 Å². The second-order valence-electron chi connectivity index (χ2n) is 7.03. The first-order chi connectivity index (χ1) is 15.0. The summed E-state index contributed by atoms with van der Waals surface area (Å²) in [7, 11) is 1.42. The summed E-state index contributed by atoms with van der Waals surface area (Å²) >= 11 is 0. The van der Waals surface area contributed by atoms with E-state index in [1.807, 2.05) is 68.4 Å². The van der Waals surface area contributed by atoms with Gasteiger partial charge in [-0.25, -0.2) is 4.98 Å². The number of oxazole rings is 1. The van der Waals surface area contributed by atoms with E-state index >= 15 is 0 Å². The molecule has 0 aliphatic carbocycles.